The molecule has 0 amide bonds. The largest absolute Gasteiger partial charge is 0.301 e. The van der Waals surface area contributed by atoms with Crippen LogP contribution in [0.4, 0.5) is 0 Å². The summed E-state index contributed by atoms with van der Waals surface area (Å²) < 4.78 is 0. The fraction of sp³-hybridized carbons (Fsp3) is 0.895. The van der Waals surface area contributed by atoms with Gasteiger partial charge in [-0.3, -0.25) is 0 Å². The molecular formula is C19H35N. The Morgan fingerprint density at radius 2 is 1.45 bits per heavy atom. The highest BCUT2D eigenvalue weighted by molar-refractivity contribution is 5.29. The van der Waals surface area contributed by atoms with Crippen LogP contribution in [-0.2, 0) is 0 Å². The Balaban J connectivity index is 2.28. The molecule has 2 rings (SSSR count). The molecule has 0 N–H and O–H groups in total. The second-order valence-corrected chi connectivity index (χ2v) is 8.01. The maximum Gasteiger partial charge on any atom is 0.00386 e. The third-order valence-electron chi connectivity index (χ3n) is 5.78. The van der Waals surface area contributed by atoms with Crippen LogP contribution in [0.25, 0.3) is 0 Å². The molecule has 0 aromatic rings. The van der Waals surface area contributed by atoms with E-state index in [0.29, 0.717) is 11.5 Å². The quantitative estimate of drug-likeness (QED) is 0.635. The van der Waals surface area contributed by atoms with E-state index in [9.17, 15) is 0 Å². The van der Waals surface area contributed by atoms with E-state index in [1.807, 2.05) is 11.1 Å². The lowest BCUT2D eigenvalue weighted by atomic mass is 9.60. The third kappa shape index (κ3) is 2.98. The number of likely N-dealkylation sites (tertiary alicyclic amines) is 1. The topological polar surface area (TPSA) is 3.24 Å². The SMILES string of the molecule is CC(C)C1=C(C(C)C)C2(CCC1)CCN(C(C)C)CC2. The summed E-state index contributed by atoms with van der Waals surface area (Å²) in [5.74, 6) is 1.48. The Kier molecular flexibility index (Phi) is 5.00. The molecule has 116 valence electrons. The van der Waals surface area contributed by atoms with Gasteiger partial charge in [-0.1, -0.05) is 38.8 Å². The molecule has 1 saturated heterocycles. The number of hydrogen-bond donors (Lipinski definition) is 0. The zero-order valence-electron chi connectivity index (χ0n) is 14.6. The summed E-state index contributed by atoms with van der Waals surface area (Å²) in [4.78, 5) is 2.67. The van der Waals surface area contributed by atoms with Crippen molar-refractivity contribution in [2.24, 2.45) is 17.3 Å². The van der Waals surface area contributed by atoms with E-state index < -0.39 is 0 Å². The summed E-state index contributed by atoms with van der Waals surface area (Å²) in [5.41, 5.74) is 4.23. The highest BCUT2D eigenvalue weighted by Gasteiger charge is 2.42. The predicted octanol–water partition coefficient (Wildman–Crippen LogP) is 5.27. The van der Waals surface area contributed by atoms with Gasteiger partial charge < -0.3 is 4.90 Å². The summed E-state index contributed by atoms with van der Waals surface area (Å²) in [5, 5.41) is 0. The number of rotatable bonds is 3. The lowest BCUT2D eigenvalue weighted by molar-refractivity contribution is 0.0862. The van der Waals surface area contributed by atoms with Crippen molar-refractivity contribution in [3.05, 3.63) is 11.1 Å². The van der Waals surface area contributed by atoms with Crippen LogP contribution in [0, 0.1) is 17.3 Å². The first-order chi connectivity index (χ1) is 9.37. The summed E-state index contributed by atoms with van der Waals surface area (Å²) in [7, 11) is 0. The fourth-order valence-corrected chi connectivity index (χ4v) is 4.80. The maximum atomic E-state index is 2.67. The van der Waals surface area contributed by atoms with Gasteiger partial charge in [0.25, 0.3) is 0 Å². The smallest absolute Gasteiger partial charge is 0.00386 e. The van der Waals surface area contributed by atoms with Gasteiger partial charge in [0.2, 0.25) is 0 Å². The molecule has 0 saturated carbocycles. The molecule has 0 aromatic heterocycles. The lowest BCUT2D eigenvalue weighted by Crippen LogP contribution is -2.46. The number of nitrogens with zero attached hydrogens (tertiary/aromatic N) is 1. The van der Waals surface area contributed by atoms with Crippen molar-refractivity contribution >= 4 is 0 Å². The Hall–Kier alpha value is -0.300. The summed E-state index contributed by atoms with van der Waals surface area (Å²) in [6.07, 6.45) is 7.03. The monoisotopic (exact) mass is 277 g/mol. The fourth-order valence-electron chi connectivity index (χ4n) is 4.80. The van der Waals surface area contributed by atoms with Gasteiger partial charge in [-0.25, -0.2) is 0 Å². The zero-order valence-corrected chi connectivity index (χ0v) is 14.6. The first-order valence-electron chi connectivity index (χ1n) is 8.85. The predicted molar refractivity (Wildman–Crippen MR) is 88.9 cm³/mol. The van der Waals surface area contributed by atoms with Crippen molar-refractivity contribution in [2.75, 3.05) is 13.1 Å². The van der Waals surface area contributed by atoms with Crippen molar-refractivity contribution in [2.45, 2.75) is 79.7 Å². The number of allylic oxidation sites excluding steroid dienone is 2. The minimum Gasteiger partial charge on any atom is -0.301 e. The zero-order chi connectivity index (χ0) is 14.9. The van der Waals surface area contributed by atoms with Crippen LogP contribution in [-0.4, -0.2) is 24.0 Å². The van der Waals surface area contributed by atoms with E-state index in [2.05, 4.69) is 46.4 Å². The van der Waals surface area contributed by atoms with Gasteiger partial charge in [-0.05, 0) is 76.3 Å². The molecule has 1 aliphatic carbocycles. The molecule has 1 fully saturated rings. The summed E-state index contributed by atoms with van der Waals surface area (Å²) >= 11 is 0. The first kappa shape index (κ1) is 16.1. The average Bonchev–Trinajstić information content (AvgIpc) is 2.38. The van der Waals surface area contributed by atoms with E-state index >= 15 is 0 Å². The summed E-state index contributed by atoms with van der Waals surface area (Å²) in [6.45, 7) is 17.0. The molecule has 2 aliphatic rings. The normalized spacial score (nSPS) is 24.4. The lowest BCUT2D eigenvalue weighted by Gasteiger charge is -2.49. The van der Waals surface area contributed by atoms with Crippen LogP contribution in [0.15, 0.2) is 11.1 Å². The van der Waals surface area contributed by atoms with Crippen LogP contribution >= 0.6 is 0 Å². The Morgan fingerprint density at radius 1 is 0.850 bits per heavy atom. The summed E-state index contributed by atoms with van der Waals surface area (Å²) in [6, 6.07) is 0.715. The average molecular weight is 277 g/mol. The molecule has 0 radical (unpaired) electrons. The van der Waals surface area contributed by atoms with Crippen molar-refractivity contribution in [3.63, 3.8) is 0 Å². The number of hydrogen-bond acceptors (Lipinski definition) is 1. The molecule has 0 bridgehead atoms. The third-order valence-corrected chi connectivity index (χ3v) is 5.78. The first-order valence-corrected chi connectivity index (χ1v) is 8.85. The maximum absolute atomic E-state index is 2.67. The molecule has 0 aromatic carbocycles. The molecule has 0 atom stereocenters. The standard InChI is InChI=1S/C19H35N/c1-14(2)17-8-7-9-19(18(17)15(3)4)10-12-20(13-11-19)16(5)6/h14-16H,7-13H2,1-6H3. The van der Waals surface area contributed by atoms with E-state index in [1.165, 1.54) is 45.2 Å². The molecule has 1 spiro atoms. The molecule has 1 heterocycles. The highest BCUT2D eigenvalue weighted by Crippen LogP contribution is 2.52. The second kappa shape index (κ2) is 6.22. The van der Waals surface area contributed by atoms with Crippen molar-refractivity contribution in [1.29, 1.82) is 0 Å². The Bertz CT molecular complexity index is 354. The number of piperidine rings is 1. The van der Waals surface area contributed by atoms with E-state index in [0.717, 1.165) is 11.8 Å². The van der Waals surface area contributed by atoms with Crippen molar-refractivity contribution in [3.8, 4) is 0 Å². The minimum atomic E-state index is 0.553. The molecule has 0 unspecified atom stereocenters. The minimum absolute atomic E-state index is 0.553. The van der Waals surface area contributed by atoms with Gasteiger partial charge in [0.15, 0.2) is 0 Å². The highest BCUT2D eigenvalue weighted by atomic mass is 15.2. The van der Waals surface area contributed by atoms with Crippen LogP contribution in [0.5, 0.6) is 0 Å². The van der Waals surface area contributed by atoms with Crippen LogP contribution < -0.4 is 0 Å². The van der Waals surface area contributed by atoms with Gasteiger partial charge in [-0.15, -0.1) is 0 Å². The van der Waals surface area contributed by atoms with Crippen LogP contribution in [0.1, 0.15) is 73.6 Å². The van der Waals surface area contributed by atoms with E-state index in [-0.39, 0.29) is 0 Å². The Morgan fingerprint density at radius 3 is 1.90 bits per heavy atom. The molecule has 1 heteroatoms. The van der Waals surface area contributed by atoms with Crippen LogP contribution in [0.3, 0.4) is 0 Å². The van der Waals surface area contributed by atoms with Gasteiger partial charge in [-0.2, -0.15) is 0 Å². The van der Waals surface area contributed by atoms with E-state index in [4.69, 9.17) is 0 Å². The van der Waals surface area contributed by atoms with Gasteiger partial charge in [0, 0.05) is 6.04 Å². The van der Waals surface area contributed by atoms with Gasteiger partial charge >= 0.3 is 0 Å². The van der Waals surface area contributed by atoms with E-state index in [1.54, 1.807) is 0 Å². The van der Waals surface area contributed by atoms with Crippen molar-refractivity contribution < 1.29 is 0 Å². The molecule has 1 aliphatic heterocycles. The van der Waals surface area contributed by atoms with Gasteiger partial charge in [0.05, 0.1) is 0 Å². The second-order valence-electron chi connectivity index (χ2n) is 8.01. The van der Waals surface area contributed by atoms with Gasteiger partial charge in [0.1, 0.15) is 0 Å². The Labute approximate surface area is 126 Å². The van der Waals surface area contributed by atoms with Crippen molar-refractivity contribution in [1.82, 2.24) is 4.90 Å². The molecule has 20 heavy (non-hydrogen) atoms. The van der Waals surface area contributed by atoms with Crippen LogP contribution in [0.2, 0.25) is 0 Å². The molecular weight excluding hydrogens is 242 g/mol. The molecule has 1 nitrogen and oxygen atoms in total.